The van der Waals surface area contributed by atoms with E-state index in [9.17, 15) is 38.3 Å². The lowest BCUT2D eigenvalue weighted by atomic mass is 10.0. The topological polar surface area (TPSA) is 224 Å². The number of carbonyl (C=O) groups excluding carboxylic acids is 5. The van der Waals surface area contributed by atoms with Crippen LogP contribution in [0.25, 0.3) is 10.9 Å². The highest BCUT2D eigenvalue weighted by Gasteiger charge is 2.44. The van der Waals surface area contributed by atoms with Gasteiger partial charge in [0.15, 0.2) is 0 Å². The van der Waals surface area contributed by atoms with Crippen LogP contribution in [-0.4, -0.2) is 62.4 Å². The van der Waals surface area contributed by atoms with Crippen LogP contribution >= 0.6 is 7.60 Å². The number of para-hydroxylation sites is 1. The number of aryl methyl sites for hydroxylation is 1. The van der Waals surface area contributed by atoms with Gasteiger partial charge in [0.25, 0.3) is 5.91 Å². The molecule has 14 nitrogen and oxygen atoms in total. The number of nitrogens with one attached hydrogen (secondary N) is 4. The first-order valence-corrected chi connectivity index (χ1v) is 17.3. The Labute approximate surface area is 280 Å². The lowest BCUT2D eigenvalue weighted by Gasteiger charge is -2.29. The van der Waals surface area contributed by atoms with Crippen molar-refractivity contribution in [3.63, 3.8) is 0 Å². The summed E-state index contributed by atoms with van der Waals surface area (Å²) >= 11 is 0. The van der Waals surface area contributed by atoms with E-state index in [-0.39, 0.29) is 43.2 Å². The number of H-pyrrole nitrogens is 1. The van der Waals surface area contributed by atoms with E-state index in [1.54, 1.807) is 0 Å². The summed E-state index contributed by atoms with van der Waals surface area (Å²) in [6, 6.07) is 17.1. The predicted molar refractivity (Wildman–Crippen MR) is 180 cm³/mol. The lowest BCUT2D eigenvalue weighted by Crippen LogP contribution is -2.57. The van der Waals surface area contributed by atoms with E-state index < -0.39 is 55.3 Å². The number of amides is 5. The minimum atomic E-state index is -4.51. The van der Waals surface area contributed by atoms with Gasteiger partial charge in [-0.05, 0) is 60.2 Å². The van der Waals surface area contributed by atoms with Gasteiger partial charge in [0.1, 0.15) is 23.8 Å². The zero-order valence-corrected chi connectivity index (χ0v) is 27.1. The third-order valence-corrected chi connectivity index (χ3v) is 9.77. The molecular formula is C34H35N6O8P. The fraction of sp³-hybridized carbons (Fsp3) is 0.265. The average molecular weight is 687 g/mol. The number of primary amides is 1. The maximum absolute atomic E-state index is 14.2. The van der Waals surface area contributed by atoms with Gasteiger partial charge in [-0.1, -0.05) is 48.5 Å². The standard InChI is InChI=1S/C34H35N6O8P/c35-29(41)14-13-25(31(42)36-18-19-5-2-1-3-6-19)38-33(44)28-17-21-8-4-7-20-9-11-26(34(45)40(28)30(20)21)39-32(43)27-16-22-15-23(49(46,47)48)10-12-24(22)37-27/h1-8,10,12,15-16,25-26,28,37H,9,11,13-14,17-18H2,(H2,35,41)(H,36,42)(H,38,44)(H,39,43)(H2,46,47,48)/t25-,26-,28-/m0/s1. The molecule has 0 radical (unpaired) electrons. The van der Waals surface area contributed by atoms with Crippen molar-refractivity contribution in [2.45, 2.75) is 56.8 Å². The molecule has 8 N–H and O–H groups in total. The molecule has 6 rings (SSSR count). The number of rotatable bonds is 11. The van der Waals surface area contributed by atoms with Crippen LogP contribution in [0.2, 0.25) is 0 Å². The summed E-state index contributed by atoms with van der Waals surface area (Å²) in [7, 11) is -4.51. The Hall–Kier alpha value is -5.30. The fourth-order valence-corrected chi connectivity index (χ4v) is 6.94. The molecule has 3 heterocycles. The Morgan fingerprint density at radius 3 is 2.49 bits per heavy atom. The maximum Gasteiger partial charge on any atom is 0.356 e. The van der Waals surface area contributed by atoms with Gasteiger partial charge in [-0.15, -0.1) is 0 Å². The van der Waals surface area contributed by atoms with Crippen molar-refractivity contribution in [2.75, 3.05) is 4.90 Å². The summed E-state index contributed by atoms with van der Waals surface area (Å²) in [4.78, 5) is 89.7. The highest BCUT2D eigenvalue weighted by Crippen LogP contribution is 2.39. The summed E-state index contributed by atoms with van der Waals surface area (Å²) in [5, 5.41) is 8.52. The van der Waals surface area contributed by atoms with Crippen LogP contribution in [-0.2, 0) is 43.1 Å². The van der Waals surface area contributed by atoms with E-state index in [0.717, 1.165) is 16.7 Å². The van der Waals surface area contributed by atoms with E-state index in [1.807, 2.05) is 48.5 Å². The van der Waals surface area contributed by atoms with Crippen molar-refractivity contribution in [2.24, 2.45) is 5.73 Å². The molecule has 0 saturated carbocycles. The van der Waals surface area contributed by atoms with Crippen LogP contribution in [0.5, 0.6) is 0 Å². The molecule has 49 heavy (non-hydrogen) atoms. The second-order valence-corrected chi connectivity index (χ2v) is 13.8. The van der Waals surface area contributed by atoms with E-state index in [4.69, 9.17) is 5.73 Å². The van der Waals surface area contributed by atoms with Gasteiger partial charge in [0, 0.05) is 30.3 Å². The van der Waals surface area contributed by atoms with Gasteiger partial charge in [-0.3, -0.25) is 33.4 Å². The van der Waals surface area contributed by atoms with Crippen molar-refractivity contribution in [1.29, 1.82) is 0 Å². The highest BCUT2D eigenvalue weighted by molar-refractivity contribution is 7.60. The number of anilines is 1. The molecule has 2 aliphatic rings. The minimum absolute atomic E-state index is 0.0423. The van der Waals surface area contributed by atoms with Crippen LogP contribution < -0.4 is 31.9 Å². The summed E-state index contributed by atoms with van der Waals surface area (Å²) in [6.07, 6.45) is 0.673. The molecule has 5 amide bonds. The number of aromatic nitrogens is 1. The fourth-order valence-electron chi connectivity index (χ4n) is 6.37. The Morgan fingerprint density at radius 2 is 1.76 bits per heavy atom. The maximum atomic E-state index is 14.2. The number of carbonyl (C=O) groups is 5. The van der Waals surface area contributed by atoms with Gasteiger partial charge < -0.3 is 36.5 Å². The molecule has 4 aromatic rings. The molecular weight excluding hydrogens is 651 g/mol. The summed E-state index contributed by atoms with van der Waals surface area (Å²) in [6.45, 7) is 0.202. The van der Waals surface area contributed by atoms with Gasteiger partial charge in [0.2, 0.25) is 23.6 Å². The third-order valence-electron chi connectivity index (χ3n) is 8.82. The van der Waals surface area contributed by atoms with Crippen LogP contribution in [0.4, 0.5) is 5.69 Å². The van der Waals surface area contributed by atoms with Gasteiger partial charge in [-0.25, -0.2) is 0 Å². The second kappa shape index (κ2) is 13.7. The van der Waals surface area contributed by atoms with Gasteiger partial charge in [-0.2, -0.15) is 0 Å². The Balaban J connectivity index is 1.21. The molecule has 3 atom stereocenters. The minimum Gasteiger partial charge on any atom is -0.370 e. The molecule has 0 bridgehead atoms. The Kier molecular flexibility index (Phi) is 9.37. The Bertz CT molecular complexity index is 2010. The van der Waals surface area contributed by atoms with E-state index >= 15 is 0 Å². The third kappa shape index (κ3) is 7.26. The number of hydrogen-bond acceptors (Lipinski definition) is 6. The Morgan fingerprint density at radius 1 is 1.00 bits per heavy atom. The van der Waals surface area contributed by atoms with Crippen LogP contribution in [0.3, 0.4) is 0 Å². The monoisotopic (exact) mass is 686 g/mol. The zero-order chi connectivity index (χ0) is 34.9. The van der Waals surface area contributed by atoms with E-state index in [0.29, 0.717) is 23.0 Å². The van der Waals surface area contributed by atoms with E-state index in [1.165, 1.54) is 29.2 Å². The first kappa shape index (κ1) is 33.6. The molecule has 0 saturated heterocycles. The summed E-state index contributed by atoms with van der Waals surface area (Å²) < 4.78 is 11.7. The van der Waals surface area contributed by atoms with Crippen molar-refractivity contribution in [1.82, 2.24) is 20.9 Å². The first-order valence-electron chi connectivity index (χ1n) is 15.7. The molecule has 2 aliphatic heterocycles. The van der Waals surface area contributed by atoms with E-state index in [2.05, 4.69) is 20.9 Å². The van der Waals surface area contributed by atoms with Crippen LogP contribution in [0, 0.1) is 0 Å². The number of hydrogen-bond donors (Lipinski definition) is 7. The summed E-state index contributed by atoms with van der Waals surface area (Å²) in [5.41, 5.74) is 8.97. The molecule has 15 heteroatoms. The van der Waals surface area contributed by atoms with Crippen molar-refractivity contribution in [3.05, 3.63) is 95.2 Å². The SMILES string of the molecule is NC(=O)CC[C@H](NC(=O)[C@@H]1Cc2cccc3c2N1C(=O)[C@@H](NC(=O)c1cc2cc(P(=O)(O)O)ccc2[nH]1)CC3)C(=O)NCc1ccccc1. The first-order chi connectivity index (χ1) is 23.4. The summed E-state index contributed by atoms with van der Waals surface area (Å²) in [5.74, 6) is -2.84. The van der Waals surface area contributed by atoms with Crippen LogP contribution in [0.15, 0.2) is 72.8 Å². The smallest absolute Gasteiger partial charge is 0.356 e. The number of benzene rings is 3. The average Bonchev–Trinajstić information content (AvgIpc) is 3.66. The van der Waals surface area contributed by atoms with Crippen molar-refractivity contribution in [3.8, 4) is 0 Å². The largest absolute Gasteiger partial charge is 0.370 e. The molecule has 0 spiro atoms. The normalized spacial score (nSPS) is 17.6. The van der Waals surface area contributed by atoms with Crippen molar-refractivity contribution >= 4 is 59.0 Å². The van der Waals surface area contributed by atoms with Gasteiger partial charge >= 0.3 is 7.60 Å². The lowest BCUT2D eigenvalue weighted by molar-refractivity contribution is -0.131. The molecule has 254 valence electrons. The molecule has 0 fully saturated rings. The van der Waals surface area contributed by atoms with Gasteiger partial charge in [0.05, 0.1) is 11.0 Å². The number of nitrogens with two attached hydrogens (primary N) is 1. The number of fused-ring (bicyclic) bond motifs is 1. The number of aromatic amines is 1. The predicted octanol–water partition coefficient (Wildman–Crippen LogP) is 1.04. The molecule has 0 aliphatic carbocycles. The molecule has 1 aromatic heterocycles. The number of nitrogens with zero attached hydrogens (tertiary/aromatic N) is 1. The van der Waals surface area contributed by atoms with Crippen LogP contribution in [0.1, 0.15) is 46.4 Å². The molecule has 0 unspecified atom stereocenters. The second-order valence-electron chi connectivity index (χ2n) is 12.2. The van der Waals surface area contributed by atoms with Crippen molar-refractivity contribution < 1.29 is 38.3 Å². The quantitative estimate of drug-likeness (QED) is 0.113. The highest BCUT2D eigenvalue weighted by atomic mass is 31.2. The molecule has 3 aromatic carbocycles. The zero-order valence-electron chi connectivity index (χ0n) is 26.2.